The molecule has 1 saturated heterocycles. The number of carboxylic acids is 1. The number of carboxylic acid groups (broad SMARTS) is 1. The van der Waals surface area contributed by atoms with Crippen molar-refractivity contribution in [1.29, 1.82) is 0 Å². The summed E-state index contributed by atoms with van der Waals surface area (Å²) < 4.78 is 36.7. The van der Waals surface area contributed by atoms with Crippen LogP contribution in [0.1, 0.15) is 6.42 Å². The van der Waals surface area contributed by atoms with Crippen molar-refractivity contribution in [3.8, 4) is 0 Å². The fourth-order valence-corrected chi connectivity index (χ4v) is 0.985. The predicted octanol–water partition coefficient (Wildman–Crippen LogP) is -0.179. The first-order chi connectivity index (χ1) is 7.18. The van der Waals surface area contributed by atoms with Gasteiger partial charge in [-0.25, -0.2) is 0 Å². The Morgan fingerprint density at radius 1 is 1.53 bits per heavy atom. The Hall–Kier alpha value is -0.145. The van der Waals surface area contributed by atoms with E-state index in [0.717, 1.165) is 0 Å². The van der Waals surface area contributed by atoms with Crippen LogP contribution < -0.4 is 5.11 Å². The number of alkyl halides is 3. The van der Waals surface area contributed by atoms with Crippen molar-refractivity contribution in [2.24, 2.45) is 0 Å². The summed E-state index contributed by atoms with van der Waals surface area (Å²) in [5.74, 6) is -3.01. The maximum absolute atomic E-state index is 10.5. The summed E-state index contributed by atoms with van der Waals surface area (Å²) >= 11 is 0. The molecular weight excluding hydrogens is 430 g/mol. The summed E-state index contributed by atoms with van der Waals surface area (Å²) in [5.41, 5.74) is 0. The molecular formula is C9H11F3HgO4. The number of hydrogen-bond donors (Lipinski definition) is 1. The fraction of sp³-hybridized carbons (Fsp3) is 0.556. The van der Waals surface area contributed by atoms with E-state index in [1.165, 1.54) is 0 Å². The molecule has 8 heteroatoms. The van der Waals surface area contributed by atoms with Crippen molar-refractivity contribution in [1.82, 2.24) is 0 Å². The number of hydrogen-bond acceptors (Lipinski definition) is 4. The number of ether oxygens (including phenoxy) is 1. The van der Waals surface area contributed by atoms with Crippen molar-refractivity contribution in [2.45, 2.75) is 30.9 Å². The van der Waals surface area contributed by atoms with Crippen LogP contribution in [0.4, 0.5) is 13.2 Å². The molecule has 0 aromatic rings. The fourth-order valence-electron chi connectivity index (χ4n) is 0.985. The van der Waals surface area contributed by atoms with E-state index in [2.05, 4.69) is 13.5 Å². The first-order valence-corrected chi connectivity index (χ1v) is 4.25. The third-order valence-electron chi connectivity index (χ3n) is 1.70. The van der Waals surface area contributed by atoms with Gasteiger partial charge in [-0.1, -0.05) is 6.08 Å². The molecule has 1 aliphatic rings. The van der Waals surface area contributed by atoms with Crippen LogP contribution in [0, 0.1) is 6.92 Å². The van der Waals surface area contributed by atoms with Crippen molar-refractivity contribution in [3.63, 3.8) is 0 Å². The summed E-state index contributed by atoms with van der Waals surface area (Å²) in [4.78, 5) is 8.78. The van der Waals surface area contributed by atoms with E-state index in [4.69, 9.17) is 19.7 Å². The van der Waals surface area contributed by atoms with E-state index in [-0.39, 0.29) is 39.9 Å². The number of carbonyl (C=O) groups is 1. The number of rotatable bonds is 1. The van der Waals surface area contributed by atoms with Gasteiger partial charge in [-0.05, 0) is 6.92 Å². The van der Waals surface area contributed by atoms with E-state index in [1.807, 2.05) is 0 Å². The minimum absolute atomic E-state index is 0. The van der Waals surface area contributed by atoms with Gasteiger partial charge < -0.3 is 19.7 Å². The molecule has 94 valence electrons. The quantitative estimate of drug-likeness (QED) is 0.454. The molecule has 1 aliphatic heterocycles. The summed E-state index contributed by atoms with van der Waals surface area (Å²) in [5, 5.41) is 17.9. The van der Waals surface area contributed by atoms with E-state index in [9.17, 15) is 13.2 Å². The van der Waals surface area contributed by atoms with Crippen molar-refractivity contribution < 1.29 is 60.6 Å². The number of aliphatic hydroxyl groups excluding tert-OH is 1. The SMILES string of the molecule is O=C([O-])C(F)(F)F.[CH2][C@@H]1C[C@H](O)[C@H](C=C)O1.[Hg+]. The molecule has 17 heavy (non-hydrogen) atoms. The summed E-state index contributed by atoms with van der Waals surface area (Å²) in [6.07, 6.45) is -3.63. The number of halogens is 3. The van der Waals surface area contributed by atoms with Crippen LogP contribution in [-0.2, 0) is 37.2 Å². The molecule has 0 aromatic carbocycles. The molecule has 2 radical (unpaired) electrons. The minimum Gasteiger partial charge on any atom is -0.542 e. The summed E-state index contributed by atoms with van der Waals surface area (Å²) in [6, 6.07) is 0. The number of carbonyl (C=O) groups excluding carboxylic acids is 1. The Morgan fingerprint density at radius 2 is 1.94 bits per heavy atom. The molecule has 0 saturated carbocycles. The monoisotopic (exact) mass is 442 g/mol. The zero-order valence-corrected chi connectivity index (χ0v) is 14.4. The van der Waals surface area contributed by atoms with Crippen LogP contribution in [0.15, 0.2) is 12.7 Å². The molecule has 0 aliphatic carbocycles. The predicted molar refractivity (Wildman–Crippen MR) is 45.9 cm³/mol. The zero-order chi connectivity index (χ0) is 12.9. The van der Waals surface area contributed by atoms with Crippen molar-refractivity contribution >= 4 is 5.97 Å². The molecule has 1 heterocycles. The van der Waals surface area contributed by atoms with Crippen LogP contribution >= 0.6 is 0 Å². The maximum Gasteiger partial charge on any atom is 1.00 e. The standard InChI is InChI=1S/C7H11O2.C2HF3O2.Hg/c1-3-7-6(8)4-5(2)9-7;3-2(4,5)1(6)7;/h3,5-8H,1-2,4H2;(H,6,7);/q;;+1/p-1/t5-,6+,7+;;/m1../s1. The van der Waals surface area contributed by atoms with Gasteiger partial charge in [0, 0.05) is 6.42 Å². The second-order valence-corrected chi connectivity index (χ2v) is 3.05. The van der Waals surface area contributed by atoms with Gasteiger partial charge >= 0.3 is 33.8 Å². The van der Waals surface area contributed by atoms with Gasteiger partial charge in [0.25, 0.3) is 0 Å². The molecule has 1 fully saturated rings. The zero-order valence-electron chi connectivity index (χ0n) is 8.94. The van der Waals surface area contributed by atoms with Crippen LogP contribution in [0.25, 0.3) is 0 Å². The molecule has 3 atom stereocenters. The maximum atomic E-state index is 10.5. The van der Waals surface area contributed by atoms with Gasteiger partial charge in [0.05, 0.1) is 12.2 Å². The third kappa shape index (κ3) is 7.72. The van der Waals surface area contributed by atoms with Crippen molar-refractivity contribution in [2.75, 3.05) is 0 Å². The van der Waals surface area contributed by atoms with E-state index < -0.39 is 18.2 Å². The average molecular weight is 441 g/mol. The van der Waals surface area contributed by atoms with Crippen LogP contribution in [0.5, 0.6) is 0 Å². The summed E-state index contributed by atoms with van der Waals surface area (Å²) in [6.45, 7) is 7.17. The van der Waals surface area contributed by atoms with Crippen LogP contribution in [0.2, 0.25) is 0 Å². The first-order valence-electron chi connectivity index (χ1n) is 4.25. The normalized spacial score (nSPS) is 27.5. The van der Waals surface area contributed by atoms with Gasteiger partial charge in [0.2, 0.25) is 0 Å². The molecule has 0 bridgehead atoms. The second-order valence-electron chi connectivity index (χ2n) is 3.05. The van der Waals surface area contributed by atoms with Crippen molar-refractivity contribution in [3.05, 3.63) is 19.6 Å². The average Bonchev–Trinajstić information content (AvgIpc) is 2.44. The minimum atomic E-state index is -5.19. The molecule has 0 spiro atoms. The Bertz CT molecular complexity index is 257. The molecule has 0 amide bonds. The Balaban J connectivity index is 0. The molecule has 0 aromatic heterocycles. The second kappa shape index (κ2) is 8.04. The Labute approximate surface area is 117 Å². The van der Waals surface area contributed by atoms with Gasteiger partial charge in [-0.2, -0.15) is 13.2 Å². The molecule has 1 rings (SSSR count). The van der Waals surface area contributed by atoms with Gasteiger partial charge in [0.1, 0.15) is 12.1 Å². The van der Waals surface area contributed by atoms with Gasteiger partial charge in [-0.3, -0.25) is 0 Å². The van der Waals surface area contributed by atoms with Crippen LogP contribution in [-0.4, -0.2) is 35.6 Å². The Morgan fingerprint density at radius 3 is 2.06 bits per heavy atom. The topological polar surface area (TPSA) is 69.6 Å². The number of aliphatic carboxylic acids is 1. The number of aliphatic hydroxyl groups is 1. The largest absolute Gasteiger partial charge is 1.00 e. The smallest absolute Gasteiger partial charge is 0.542 e. The summed E-state index contributed by atoms with van der Waals surface area (Å²) in [7, 11) is 0. The molecule has 0 unspecified atom stereocenters. The van der Waals surface area contributed by atoms with Crippen LogP contribution in [0.3, 0.4) is 0 Å². The first kappa shape index (κ1) is 19.2. The van der Waals surface area contributed by atoms with Gasteiger partial charge in [0.15, 0.2) is 0 Å². The molecule has 4 nitrogen and oxygen atoms in total. The van der Waals surface area contributed by atoms with E-state index in [1.54, 1.807) is 6.08 Å². The van der Waals surface area contributed by atoms with E-state index in [0.29, 0.717) is 6.42 Å². The molecule has 1 N–H and O–H groups in total. The third-order valence-corrected chi connectivity index (χ3v) is 1.70. The van der Waals surface area contributed by atoms with Gasteiger partial charge in [-0.15, -0.1) is 6.58 Å². The van der Waals surface area contributed by atoms with E-state index >= 15 is 0 Å². The Kier molecular flexibility index (Phi) is 9.09.